The van der Waals surface area contributed by atoms with E-state index in [0.717, 1.165) is 11.3 Å². The Morgan fingerprint density at radius 2 is 1.74 bits per heavy atom. The Labute approximate surface area is 208 Å². The van der Waals surface area contributed by atoms with Crippen LogP contribution in [0.15, 0.2) is 60.7 Å². The second-order valence-electron chi connectivity index (χ2n) is 8.14. The van der Waals surface area contributed by atoms with Gasteiger partial charge in [0.1, 0.15) is 5.82 Å². The number of halogens is 2. The summed E-state index contributed by atoms with van der Waals surface area (Å²) >= 11 is 6.17. The Hall–Kier alpha value is -3.62. The number of hydrogen-bond donors (Lipinski definition) is 3. The summed E-state index contributed by atoms with van der Waals surface area (Å²) in [6.07, 6.45) is 0. The Morgan fingerprint density at radius 3 is 2.51 bits per heavy atom. The van der Waals surface area contributed by atoms with Gasteiger partial charge < -0.3 is 25.6 Å². The quantitative estimate of drug-likeness (QED) is 0.438. The molecule has 182 valence electrons. The van der Waals surface area contributed by atoms with Gasteiger partial charge in [-0.25, -0.2) is 9.18 Å². The number of carbonyl (C=O) groups excluding carboxylic acids is 2. The summed E-state index contributed by atoms with van der Waals surface area (Å²) < 4.78 is 18.9. The van der Waals surface area contributed by atoms with Crippen molar-refractivity contribution in [3.8, 4) is 0 Å². The van der Waals surface area contributed by atoms with Crippen LogP contribution in [-0.4, -0.2) is 38.2 Å². The summed E-state index contributed by atoms with van der Waals surface area (Å²) in [5, 5.41) is 9.03. The fraction of sp³-hybridized carbons (Fsp3) is 0.231. The summed E-state index contributed by atoms with van der Waals surface area (Å²) in [5.41, 5.74) is 3.64. The van der Waals surface area contributed by atoms with E-state index < -0.39 is 6.03 Å². The number of morpholine rings is 1. The smallest absolute Gasteiger partial charge is 0.323 e. The van der Waals surface area contributed by atoms with Gasteiger partial charge >= 0.3 is 6.03 Å². The standard InChI is InChI=1S/C26H26ClFN4O3/c1-17-21(27)6-3-7-22(17)30-26(34)31-23-15-19(8-9-24(23)32-10-12-35-13-11-32)25(33)29-16-18-4-2-5-20(28)14-18/h2-9,14-15H,10-13,16H2,1H3,(H,29,33)(H2,30,31,34). The molecule has 0 spiro atoms. The molecule has 1 saturated heterocycles. The highest BCUT2D eigenvalue weighted by atomic mass is 35.5. The molecular weight excluding hydrogens is 471 g/mol. The SMILES string of the molecule is Cc1c(Cl)cccc1NC(=O)Nc1cc(C(=O)NCc2cccc(F)c2)ccc1N1CCOCC1. The summed E-state index contributed by atoms with van der Waals surface area (Å²) in [6.45, 7) is 4.47. The van der Waals surface area contributed by atoms with Crippen molar-refractivity contribution in [3.05, 3.63) is 88.2 Å². The summed E-state index contributed by atoms with van der Waals surface area (Å²) in [7, 11) is 0. The number of rotatable bonds is 6. The molecule has 4 rings (SSSR count). The van der Waals surface area contributed by atoms with Crippen LogP contribution < -0.4 is 20.9 Å². The molecule has 1 heterocycles. The predicted octanol–water partition coefficient (Wildman–Crippen LogP) is 5.20. The Bertz CT molecular complexity index is 1230. The second-order valence-corrected chi connectivity index (χ2v) is 8.54. The van der Waals surface area contributed by atoms with Gasteiger partial charge in [0.2, 0.25) is 0 Å². The lowest BCUT2D eigenvalue weighted by Crippen LogP contribution is -2.37. The largest absolute Gasteiger partial charge is 0.378 e. The molecular formula is C26H26ClFN4O3. The van der Waals surface area contributed by atoms with E-state index in [1.54, 1.807) is 42.5 Å². The van der Waals surface area contributed by atoms with Crippen molar-refractivity contribution in [2.24, 2.45) is 0 Å². The number of benzene rings is 3. The zero-order chi connectivity index (χ0) is 24.8. The van der Waals surface area contributed by atoms with Gasteiger partial charge in [-0.1, -0.05) is 29.8 Å². The lowest BCUT2D eigenvalue weighted by atomic mass is 10.1. The van der Waals surface area contributed by atoms with E-state index in [4.69, 9.17) is 16.3 Å². The Balaban J connectivity index is 1.53. The minimum atomic E-state index is -0.456. The number of nitrogens with zero attached hydrogens (tertiary/aromatic N) is 1. The maximum Gasteiger partial charge on any atom is 0.323 e. The highest BCUT2D eigenvalue weighted by Gasteiger charge is 2.19. The molecule has 0 atom stereocenters. The van der Waals surface area contributed by atoms with Gasteiger partial charge in [0.25, 0.3) is 5.91 Å². The van der Waals surface area contributed by atoms with E-state index in [0.29, 0.717) is 53.8 Å². The fourth-order valence-corrected chi connectivity index (χ4v) is 3.98. The molecule has 1 aliphatic rings. The fourth-order valence-electron chi connectivity index (χ4n) is 3.81. The average Bonchev–Trinajstić information content (AvgIpc) is 2.86. The topological polar surface area (TPSA) is 82.7 Å². The van der Waals surface area contributed by atoms with Crippen LogP contribution in [0.4, 0.5) is 26.2 Å². The first-order valence-corrected chi connectivity index (χ1v) is 11.6. The number of urea groups is 1. The third-order valence-corrected chi connectivity index (χ3v) is 6.13. The minimum Gasteiger partial charge on any atom is -0.378 e. The maximum absolute atomic E-state index is 13.4. The molecule has 3 amide bonds. The number of amides is 3. The van der Waals surface area contributed by atoms with E-state index >= 15 is 0 Å². The molecule has 7 nitrogen and oxygen atoms in total. The van der Waals surface area contributed by atoms with Crippen LogP contribution in [0, 0.1) is 12.7 Å². The molecule has 0 aliphatic carbocycles. The average molecular weight is 497 g/mol. The molecule has 9 heteroatoms. The number of nitrogens with one attached hydrogen (secondary N) is 3. The molecule has 3 N–H and O–H groups in total. The first-order valence-electron chi connectivity index (χ1n) is 11.2. The lowest BCUT2D eigenvalue weighted by molar-refractivity contribution is 0.0950. The predicted molar refractivity (Wildman–Crippen MR) is 136 cm³/mol. The van der Waals surface area contributed by atoms with Gasteiger partial charge in [-0.3, -0.25) is 4.79 Å². The van der Waals surface area contributed by atoms with Crippen LogP contribution in [0.3, 0.4) is 0 Å². The zero-order valence-electron chi connectivity index (χ0n) is 19.2. The molecule has 1 aliphatic heterocycles. The van der Waals surface area contributed by atoms with Crippen LogP contribution in [0.5, 0.6) is 0 Å². The van der Waals surface area contributed by atoms with Gasteiger partial charge in [-0.15, -0.1) is 0 Å². The van der Waals surface area contributed by atoms with Crippen LogP contribution in [0.2, 0.25) is 5.02 Å². The maximum atomic E-state index is 13.4. The second kappa shape index (κ2) is 11.2. The first-order chi connectivity index (χ1) is 16.9. The van der Waals surface area contributed by atoms with Crippen molar-refractivity contribution in [2.45, 2.75) is 13.5 Å². The lowest BCUT2D eigenvalue weighted by Gasteiger charge is -2.30. The van der Waals surface area contributed by atoms with Crippen LogP contribution >= 0.6 is 11.6 Å². The van der Waals surface area contributed by atoms with Crippen molar-refractivity contribution < 1.29 is 18.7 Å². The Morgan fingerprint density at radius 1 is 1.00 bits per heavy atom. The van der Waals surface area contributed by atoms with Gasteiger partial charge in [0.15, 0.2) is 0 Å². The van der Waals surface area contributed by atoms with Crippen molar-refractivity contribution in [2.75, 3.05) is 41.8 Å². The molecule has 0 unspecified atom stereocenters. The molecule has 0 aromatic heterocycles. The number of hydrogen-bond acceptors (Lipinski definition) is 4. The normalized spacial score (nSPS) is 13.3. The molecule has 3 aromatic rings. The van der Waals surface area contributed by atoms with E-state index in [-0.39, 0.29) is 18.3 Å². The number of carbonyl (C=O) groups is 2. The molecule has 0 bridgehead atoms. The molecule has 35 heavy (non-hydrogen) atoms. The molecule has 0 saturated carbocycles. The van der Waals surface area contributed by atoms with Crippen LogP contribution in [-0.2, 0) is 11.3 Å². The van der Waals surface area contributed by atoms with Gasteiger partial charge in [0, 0.05) is 35.9 Å². The van der Waals surface area contributed by atoms with E-state index in [1.807, 2.05) is 13.0 Å². The highest BCUT2D eigenvalue weighted by Crippen LogP contribution is 2.29. The summed E-state index contributed by atoms with van der Waals surface area (Å²) in [5.74, 6) is -0.698. The third kappa shape index (κ3) is 6.29. The van der Waals surface area contributed by atoms with Gasteiger partial charge in [-0.05, 0) is 60.5 Å². The Kier molecular flexibility index (Phi) is 7.84. The van der Waals surface area contributed by atoms with E-state index in [2.05, 4.69) is 20.9 Å². The van der Waals surface area contributed by atoms with Crippen molar-refractivity contribution in [1.29, 1.82) is 0 Å². The van der Waals surface area contributed by atoms with E-state index in [1.165, 1.54) is 12.1 Å². The van der Waals surface area contributed by atoms with Crippen molar-refractivity contribution in [3.63, 3.8) is 0 Å². The van der Waals surface area contributed by atoms with Crippen molar-refractivity contribution >= 4 is 40.6 Å². The van der Waals surface area contributed by atoms with Gasteiger partial charge in [0.05, 0.1) is 24.6 Å². The van der Waals surface area contributed by atoms with E-state index in [9.17, 15) is 14.0 Å². The van der Waals surface area contributed by atoms with Crippen molar-refractivity contribution in [1.82, 2.24) is 5.32 Å². The monoisotopic (exact) mass is 496 g/mol. The van der Waals surface area contributed by atoms with Crippen LogP contribution in [0.1, 0.15) is 21.5 Å². The highest BCUT2D eigenvalue weighted by molar-refractivity contribution is 6.31. The third-order valence-electron chi connectivity index (χ3n) is 5.72. The van der Waals surface area contributed by atoms with Crippen LogP contribution in [0.25, 0.3) is 0 Å². The first kappa shape index (κ1) is 24.5. The molecule has 0 radical (unpaired) electrons. The number of ether oxygens (including phenoxy) is 1. The summed E-state index contributed by atoms with van der Waals surface area (Å²) in [6, 6.07) is 16.0. The van der Waals surface area contributed by atoms with Gasteiger partial charge in [-0.2, -0.15) is 0 Å². The molecule has 3 aromatic carbocycles. The molecule has 1 fully saturated rings. The summed E-state index contributed by atoms with van der Waals surface area (Å²) in [4.78, 5) is 27.8. The minimum absolute atomic E-state index is 0.180. The number of anilines is 3. The zero-order valence-corrected chi connectivity index (χ0v) is 20.0.